The average molecular weight is 440 g/mol. The van der Waals surface area contributed by atoms with Gasteiger partial charge in [0.15, 0.2) is 0 Å². The number of sulfonamides is 1. The second-order valence-electron chi connectivity index (χ2n) is 7.19. The van der Waals surface area contributed by atoms with Crippen molar-refractivity contribution in [1.82, 2.24) is 0 Å². The number of nitrogens with one attached hydrogen (secondary N) is 1. The summed E-state index contributed by atoms with van der Waals surface area (Å²) in [5.74, 6) is 0.0985. The van der Waals surface area contributed by atoms with Gasteiger partial charge in [0.2, 0.25) is 0 Å². The number of fused-ring (bicyclic) bond motifs is 1. The van der Waals surface area contributed by atoms with Crippen molar-refractivity contribution >= 4 is 27.3 Å². The Bertz CT molecular complexity index is 1210. The van der Waals surface area contributed by atoms with E-state index in [-0.39, 0.29) is 16.5 Å². The first kappa shape index (κ1) is 20.9. The molecule has 1 aliphatic rings. The van der Waals surface area contributed by atoms with Crippen LogP contribution in [0.25, 0.3) is 0 Å². The molecular formula is C23H21FN2O4S. The molecule has 0 saturated carbocycles. The number of carbonyl (C=O) groups excluding carboxylic acids is 1. The lowest BCUT2D eigenvalue weighted by Gasteiger charge is -2.30. The first-order valence-electron chi connectivity index (χ1n) is 9.74. The van der Waals surface area contributed by atoms with E-state index in [0.717, 1.165) is 29.8 Å². The monoisotopic (exact) mass is 440 g/mol. The molecule has 0 spiro atoms. The van der Waals surface area contributed by atoms with Gasteiger partial charge in [-0.3, -0.25) is 9.52 Å². The maximum atomic E-state index is 13.1. The van der Waals surface area contributed by atoms with Gasteiger partial charge in [-0.25, -0.2) is 12.8 Å². The number of anilines is 2. The lowest BCUT2D eigenvalue weighted by atomic mass is 10.0. The maximum Gasteiger partial charge on any atom is 0.261 e. The summed E-state index contributed by atoms with van der Waals surface area (Å²) in [5, 5.41) is 0. The Balaban J connectivity index is 1.54. The molecule has 0 radical (unpaired) electrons. The zero-order valence-corrected chi connectivity index (χ0v) is 17.7. The second kappa shape index (κ2) is 8.39. The summed E-state index contributed by atoms with van der Waals surface area (Å²) in [6.45, 7) is 0.588. The van der Waals surface area contributed by atoms with Crippen molar-refractivity contribution in [2.24, 2.45) is 0 Å². The molecule has 4 rings (SSSR count). The summed E-state index contributed by atoms with van der Waals surface area (Å²) in [6.07, 6.45) is 1.70. The highest BCUT2D eigenvalue weighted by atomic mass is 32.2. The predicted octanol–water partition coefficient (Wildman–Crippen LogP) is 4.23. The van der Waals surface area contributed by atoms with Gasteiger partial charge in [0, 0.05) is 23.5 Å². The van der Waals surface area contributed by atoms with E-state index in [1.54, 1.807) is 12.0 Å². The van der Waals surface area contributed by atoms with E-state index >= 15 is 0 Å². The number of methoxy groups -OCH3 is 1. The molecule has 3 aromatic carbocycles. The molecule has 1 N–H and O–H groups in total. The molecule has 1 aliphatic heterocycles. The molecule has 6 nitrogen and oxygen atoms in total. The van der Waals surface area contributed by atoms with Crippen molar-refractivity contribution in [3.8, 4) is 5.75 Å². The number of rotatable bonds is 5. The van der Waals surface area contributed by atoms with E-state index < -0.39 is 15.8 Å². The number of halogens is 1. The van der Waals surface area contributed by atoms with E-state index in [1.807, 2.05) is 18.2 Å². The molecule has 0 saturated heterocycles. The summed E-state index contributed by atoms with van der Waals surface area (Å²) in [7, 11) is -2.26. The fourth-order valence-electron chi connectivity index (χ4n) is 3.58. The van der Waals surface area contributed by atoms with Crippen molar-refractivity contribution in [3.63, 3.8) is 0 Å². The van der Waals surface area contributed by atoms with Crippen molar-refractivity contribution < 1.29 is 22.3 Å². The normalized spacial score (nSPS) is 13.4. The first-order chi connectivity index (χ1) is 14.9. The third-order valence-corrected chi connectivity index (χ3v) is 6.56. The predicted molar refractivity (Wildman–Crippen MR) is 117 cm³/mol. The van der Waals surface area contributed by atoms with Gasteiger partial charge in [-0.1, -0.05) is 0 Å². The second-order valence-corrected chi connectivity index (χ2v) is 8.87. The van der Waals surface area contributed by atoms with Crippen LogP contribution in [0, 0.1) is 5.82 Å². The van der Waals surface area contributed by atoms with Crippen molar-refractivity contribution in [2.45, 2.75) is 17.7 Å². The lowest BCUT2D eigenvalue weighted by Crippen LogP contribution is -2.35. The smallest absolute Gasteiger partial charge is 0.261 e. The highest BCUT2D eigenvalue weighted by Gasteiger charge is 2.24. The number of carbonyl (C=O) groups is 1. The highest BCUT2D eigenvalue weighted by Crippen LogP contribution is 2.31. The summed E-state index contributed by atoms with van der Waals surface area (Å²) in [6, 6.07) is 16.4. The van der Waals surface area contributed by atoms with Crippen LogP contribution in [-0.2, 0) is 16.4 Å². The van der Waals surface area contributed by atoms with Crippen LogP contribution >= 0.6 is 0 Å². The molecule has 160 valence electrons. The van der Waals surface area contributed by atoms with Crippen LogP contribution in [0.3, 0.4) is 0 Å². The molecule has 31 heavy (non-hydrogen) atoms. The van der Waals surface area contributed by atoms with Crippen molar-refractivity contribution in [3.05, 3.63) is 83.7 Å². The van der Waals surface area contributed by atoms with Gasteiger partial charge in [0.25, 0.3) is 15.9 Å². The highest BCUT2D eigenvalue weighted by molar-refractivity contribution is 7.92. The van der Waals surface area contributed by atoms with E-state index in [1.165, 1.54) is 48.5 Å². The third-order valence-electron chi connectivity index (χ3n) is 5.16. The van der Waals surface area contributed by atoms with Crippen molar-refractivity contribution in [1.29, 1.82) is 0 Å². The third kappa shape index (κ3) is 4.39. The number of amides is 1. The van der Waals surface area contributed by atoms with Gasteiger partial charge in [0.05, 0.1) is 12.0 Å². The number of hydrogen-bond donors (Lipinski definition) is 1. The Morgan fingerprint density at radius 3 is 2.42 bits per heavy atom. The molecule has 0 aromatic heterocycles. The van der Waals surface area contributed by atoms with Gasteiger partial charge in [-0.15, -0.1) is 0 Å². The number of ether oxygens (including phenoxy) is 1. The van der Waals surface area contributed by atoms with Gasteiger partial charge >= 0.3 is 0 Å². The minimum Gasteiger partial charge on any atom is -0.497 e. The summed E-state index contributed by atoms with van der Waals surface area (Å²) in [4.78, 5) is 14.8. The molecule has 1 heterocycles. The Hall–Kier alpha value is -3.39. The van der Waals surface area contributed by atoms with Crippen LogP contribution in [-0.4, -0.2) is 28.0 Å². The summed E-state index contributed by atoms with van der Waals surface area (Å²) >= 11 is 0. The fourth-order valence-corrected chi connectivity index (χ4v) is 4.63. The molecule has 0 bridgehead atoms. The van der Waals surface area contributed by atoms with Crippen LogP contribution in [0.2, 0.25) is 0 Å². The van der Waals surface area contributed by atoms with E-state index in [2.05, 4.69) is 4.72 Å². The van der Waals surface area contributed by atoms with Gasteiger partial charge in [-0.2, -0.15) is 0 Å². The van der Waals surface area contributed by atoms with Crippen LogP contribution in [0.15, 0.2) is 71.6 Å². The zero-order chi connectivity index (χ0) is 22.0. The molecule has 0 unspecified atom stereocenters. The molecule has 0 atom stereocenters. The molecule has 8 heteroatoms. The minimum atomic E-state index is -3.86. The Labute approximate surface area is 180 Å². The Morgan fingerprint density at radius 1 is 1.03 bits per heavy atom. The van der Waals surface area contributed by atoms with Crippen molar-refractivity contribution in [2.75, 3.05) is 23.3 Å². The molecule has 1 amide bonds. The molecule has 3 aromatic rings. The Kier molecular flexibility index (Phi) is 5.65. The molecular weight excluding hydrogens is 419 g/mol. The average Bonchev–Trinajstić information content (AvgIpc) is 2.79. The van der Waals surface area contributed by atoms with Gasteiger partial charge < -0.3 is 9.64 Å². The first-order valence-corrected chi connectivity index (χ1v) is 11.2. The number of nitrogens with zero attached hydrogens (tertiary/aromatic N) is 1. The summed E-state index contributed by atoms with van der Waals surface area (Å²) in [5.41, 5.74) is 2.53. The van der Waals surface area contributed by atoms with Crippen LogP contribution in [0.4, 0.5) is 15.8 Å². The Morgan fingerprint density at radius 2 is 1.74 bits per heavy atom. The van der Waals surface area contributed by atoms with Gasteiger partial charge in [0.1, 0.15) is 11.6 Å². The standard InChI is InChI=1S/C23H21FN2O4S/c1-30-20-10-13-22-17(15-20)3-2-14-26(22)23(27)16-4-11-21(12-5-16)31(28,29)25-19-8-6-18(24)7-9-19/h4-13,15,25H,2-3,14H2,1H3. The maximum absolute atomic E-state index is 13.1. The quantitative estimate of drug-likeness (QED) is 0.644. The number of aryl methyl sites for hydroxylation is 1. The lowest BCUT2D eigenvalue weighted by molar-refractivity contribution is 0.0985. The summed E-state index contributed by atoms with van der Waals surface area (Å²) < 4.78 is 45.9. The van der Waals surface area contributed by atoms with E-state index in [4.69, 9.17) is 4.74 Å². The fraction of sp³-hybridized carbons (Fsp3) is 0.174. The largest absolute Gasteiger partial charge is 0.497 e. The SMILES string of the molecule is COc1ccc2c(c1)CCCN2C(=O)c1ccc(S(=O)(=O)Nc2ccc(F)cc2)cc1. The van der Waals surface area contributed by atoms with E-state index in [9.17, 15) is 17.6 Å². The number of hydrogen-bond acceptors (Lipinski definition) is 4. The van der Waals surface area contributed by atoms with Crippen LogP contribution in [0.5, 0.6) is 5.75 Å². The number of benzene rings is 3. The van der Waals surface area contributed by atoms with Gasteiger partial charge in [-0.05, 0) is 85.1 Å². The molecule has 0 aliphatic carbocycles. The minimum absolute atomic E-state index is 0.0113. The van der Waals surface area contributed by atoms with Crippen LogP contribution in [0.1, 0.15) is 22.3 Å². The topological polar surface area (TPSA) is 75.7 Å². The molecule has 0 fully saturated rings. The zero-order valence-electron chi connectivity index (χ0n) is 16.8. The van der Waals surface area contributed by atoms with Crippen LogP contribution < -0.4 is 14.4 Å². The van der Waals surface area contributed by atoms with E-state index in [0.29, 0.717) is 12.1 Å².